The maximum absolute atomic E-state index is 5.64. The van der Waals surface area contributed by atoms with Gasteiger partial charge in [-0.15, -0.1) is 0 Å². The molecule has 0 amide bonds. The Bertz CT molecular complexity index is 2450. The van der Waals surface area contributed by atoms with Gasteiger partial charge in [0.1, 0.15) is 5.82 Å². The van der Waals surface area contributed by atoms with E-state index in [1.54, 1.807) is 0 Å². The van der Waals surface area contributed by atoms with Gasteiger partial charge in [-0.3, -0.25) is 4.57 Å². The Morgan fingerprint density at radius 2 is 0.824 bits per heavy atom. The molecule has 0 saturated carbocycles. The highest BCUT2D eigenvalue weighted by molar-refractivity contribution is 5.99. The van der Waals surface area contributed by atoms with E-state index >= 15 is 0 Å². The number of para-hydroxylation sites is 3. The number of nitrogens with zero attached hydrogens (tertiary/aromatic N) is 3. The van der Waals surface area contributed by atoms with E-state index in [0.717, 1.165) is 39.6 Å². The van der Waals surface area contributed by atoms with Gasteiger partial charge in [-0.1, -0.05) is 157 Å². The van der Waals surface area contributed by atoms with Crippen molar-refractivity contribution in [1.29, 1.82) is 0 Å². The fourth-order valence-corrected chi connectivity index (χ4v) is 9.42. The van der Waals surface area contributed by atoms with Crippen LogP contribution in [0.15, 0.2) is 140 Å². The van der Waals surface area contributed by atoms with Gasteiger partial charge in [0, 0.05) is 38.6 Å². The molecule has 3 aliphatic rings. The van der Waals surface area contributed by atoms with Crippen LogP contribution in [0.25, 0.3) is 39.6 Å². The normalized spacial score (nSPS) is 16.5. The molecule has 51 heavy (non-hydrogen) atoms. The van der Waals surface area contributed by atoms with Gasteiger partial charge < -0.3 is 4.90 Å². The van der Waals surface area contributed by atoms with Gasteiger partial charge in [0.2, 0.25) is 0 Å². The Labute approximate surface area is 300 Å². The Kier molecular flexibility index (Phi) is 6.04. The second-order valence-electron chi connectivity index (χ2n) is 16.1. The third-order valence-electron chi connectivity index (χ3n) is 12.1. The summed E-state index contributed by atoms with van der Waals surface area (Å²) < 4.78 is 2.39. The maximum atomic E-state index is 5.64. The second-order valence-corrected chi connectivity index (χ2v) is 16.1. The first-order valence-electron chi connectivity index (χ1n) is 18.2. The number of hydrogen-bond donors (Lipinski definition) is 0. The quantitative estimate of drug-likeness (QED) is 0.187. The molecule has 0 aliphatic carbocycles. The van der Waals surface area contributed by atoms with Crippen molar-refractivity contribution in [3.05, 3.63) is 173 Å². The lowest BCUT2D eigenvalue weighted by atomic mass is 9.60. The van der Waals surface area contributed by atoms with Gasteiger partial charge in [0.15, 0.2) is 0 Å². The Balaban J connectivity index is 1.33. The molecule has 7 aromatic rings. The van der Waals surface area contributed by atoms with E-state index in [-0.39, 0.29) is 16.2 Å². The number of rotatable bonds is 4. The zero-order chi connectivity index (χ0) is 34.9. The Hall–Kier alpha value is -5.67. The fraction of sp³-hybridized carbons (Fsp3) is 0.188. The number of aromatic nitrogens is 2. The van der Waals surface area contributed by atoms with E-state index in [0.29, 0.717) is 0 Å². The monoisotopic (exact) mass is 659 g/mol. The van der Waals surface area contributed by atoms with Crippen LogP contribution >= 0.6 is 0 Å². The molecule has 0 N–H and O–H groups in total. The zero-order valence-electron chi connectivity index (χ0n) is 30.1. The van der Waals surface area contributed by atoms with Crippen molar-refractivity contribution in [2.45, 2.75) is 57.8 Å². The molecule has 10 rings (SSSR count). The molecule has 3 aliphatic heterocycles. The van der Waals surface area contributed by atoms with Gasteiger partial charge >= 0.3 is 0 Å². The van der Waals surface area contributed by atoms with Crippen LogP contribution in [-0.4, -0.2) is 9.55 Å². The second kappa shape index (κ2) is 10.2. The van der Waals surface area contributed by atoms with Crippen LogP contribution < -0.4 is 4.90 Å². The number of imidazole rings is 1. The van der Waals surface area contributed by atoms with Crippen molar-refractivity contribution in [1.82, 2.24) is 9.55 Å². The molecular formula is C48H41N3. The predicted molar refractivity (Wildman–Crippen MR) is 211 cm³/mol. The average Bonchev–Trinajstić information content (AvgIpc) is 3.56. The summed E-state index contributed by atoms with van der Waals surface area (Å²) >= 11 is 0. The van der Waals surface area contributed by atoms with Crippen LogP contribution in [0.2, 0.25) is 0 Å². The molecular weight excluding hydrogens is 619 g/mol. The molecule has 0 bridgehead atoms. The average molecular weight is 660 g/mol. The SMILES string of the molecule is CC1(C)c2cccc3c2N2c4c1cccc4C(C)(C)c1cc(-c4nc(-c5ccccc5)c(-c5ccccc5)n4-c4ccccc4)cc(c12)C3(C)C. The summed E-state index contributed by atoms with van der Waals surface area (Å²) in [7, 11) is 0. The van der Waals surface area contributed by atoms with Crippen LogP contribution in [0, 0.1) is 0 Å². The summed E-state index contributed by atoms with van der Waals surface area (Å²) in [5.74, 6) is 0.948. The molecule has 3 nitrogen and oxygen atoms in total. The predicted octanol–water partition coefficient (Wildman–Crippen LogP) is 12.3. The van der Waals surface area contributed by atoms with Crippen LogP contribution in [-0.2, 0) is 16.2 Å². The van der Waals surface area contributed by atoms with Gasteiger partial charge in [-0.25, -0.2) is 4.98 Å². The highest BCUT2D eigenvalue weighted by Crippen LogP contribution is 2.66. The first-order chi connectivity index (χ1) is 24.6. The molecule has 0 radical (unpaired) electrons. The van der Waals surface area contributed by atoms with E-state index in [9.17, 15) is 0 Å². The zero-order valence-corrected chi connectivity index (χ0v) is 30.1. The summed E-state index contributed by atoms with van der Waals surface area (Å²) in [5.41, 5.74) is 18.3. The number of benzene rings is 6. The first kappa shape index (κ1) is 30.2. The van der Waals surface area contributed by atoms with E-state index in [1.807, 2.05) is 0 Å². The van der Waals surface area contributed by atoms with Crippen molar-refractivity contribution in [2.24, 2.45) is 0 Å². The van der Waals surface area contributed by atoms with E-state index < -0.39 is 0 Å². The van der Waals surface area contributed by atoms with Crippen LogP contribution in [0.1, 0.15) is 74.9 Å². The van der Waals surface area contributed by atoms with Gasteiger partial charge in [-0.2, -0.15) is 0 Å². The molecule has 0 atom stereocenters. The van der Waals surface area contributed by atoms with Crippen molar-refractivity contribution < 1.29 is 0 Å². The maximum Gasteiger partial charge on any atom is 0.145 e. The van der Waals surface area contributed by atoms with Crippen molar-refractivity contribution >= 4 is 17.1 Å². The van der Waals surface area contributed by atoms with Crippen molar-refractivity contribution in [3.8, 4) is 39.6 Å². The minimum atomic E-state index is -0.243. The highest BCUT2D eigenvalue weighted by Gasteiger charge is 2.51. The molecule has 6 aromatic carbocycles. The molecule has 0 unspecified atom stereocenters. The molecule has 0 spiro atoms. The molecule has 3 heteroatoms. The smallest absolute Gasteiger partial charge is 0.145 e. The summed E-state index contributed by atoms with van der Waals surface area (Å²) in [6.07, 6.45) is 0. The largest absolute Gasteiger partial charge is 0.309 e. The summed E-state index contributed by atoms with van der Waals surface area (Å²) in [5, 5.41) is 0. The molecule has 1 aromatic heterocycles. The Morgan fingerprint density at radius 1 is 0.412 bits per heavy atom. The van der Waals surface area contributed by atoms with Gasteiger partial charge in [0.05, 0.1) is 28.5 Å². The van der Waals surface area contributed by atoms with Gasteiger partial charge in [-0.05, 0) is 57.6 Å². The highest BCUT2D eigenvalue weighted by atomic mass is 15.2. The van der Waals surface area contributed by atoms with E-state index in [2.05, 4.69) is 191 Å². The standard InChI is InChI=1S/C48H41N3/c1-46(2)34-24-16-26-36-42(34)51-43-35(46)25-17-27-37(43)48(5,6)39-29-32(28-38(44(39)51)47(36,3)4)45-49-40(30-18-10-7-11-19-30)41(31-20-12-8-13-21-31)50(45)33-22-14-9-15-23-33/h7-29H,1-6H3. The third kappa shape index (κ3) is 3.92. The van der Waals surface area contributed by atoms with Gasteiger partial charge in [0.25, 0.3) is 0 Å². The van der Waals surface area contributed by atoms with Crippen LogP contribution in [0.5, 0.6) is 0 Å². The fourth-order valence-electron chi connectivity index (χ4n) is 9.42. The molecule has 4 heterocycles. The van der Waals surface area contributed by atoms with E-state index in [4.69, 9.17) is 4.98 Å². The summed E-state index contributed by atoms with van der Waals surface area (Å²) in [6, 6.07) is 51.0. The third-order valence-corrected chi connectivity index (χ3v) is 12.1. The molecule has 248 valence electrons. The van der Waals surface area contributed by atoms with Crippen LogP contribution in [0.3, 0.4) is 0 Å². The molecule has 0 fully saturated rings. The van der Waals surface area contributed by atoms with Crippen molar-refractivity contribution in [2.75, 3.05) is 4.90 Å². The van der Waals surface area contributed by atoms with E-state index in [1.165, 1.54) is 50.4 Å². The van der Waals surface area contributed by atoms with Crippen molar-refractivity contribution in [3.63, 3.8) is 0 Å². The lowest BCUT2D eigenvalue weighted by Gasteiger charge is -2.55. The minimum Gasteiger partial charge on any atom is -0.309 e. The summed E-state index contributed by atoms with van der Waals surface area (Å²) in [6.45, 7) is 14.5. The Morgan fingerprint density at radius 3 is 1.31 bits per heavy atom. The van der Waals surface area contributed by atoms with Crippen LogP contribution in [0.4, 0.5) is 17.1 Å². The lowest BCUT2D eigenvalue weighted by molar-refractivity contribution is 0.567. The summed E-state index contributed by atoms with van der Waals surface area (Å²) in [4.78, 5) is 8.28. The first-order valence-corrected chi connectivity index (χ1v) is 18.2. The number of anilines is 3. The number of hydrogen-bond acceptors (Lipinski definition) is 2. The minimum absolute atomic E-state index is 0.115. The molecule has 0 saturated heterocycles. The topological polar surface area (TPSA) is 21.1 Å². The lowest BCUT2D eigenvalue weighted by Crippen LogP contribution is -2.43.